The SMILES string of the molecule is CC1CN1[C@]1([C]=O)CC1C. The molecule has 0 aromatic rings. The van der Waals surface area contributed by atoms with Crippen molar-refractivity contribution >= 4 is 6.29 Å². The quantitative estimate of drug-likeness (QED) is 0.520. The molecule has 4 atom stereocenters. The van der Waals surface area contributed by atoms with Crippen LogP contribution >= 0.6 is 0 Å². The van der Waals surface area contributed by atoms with Crippen LogP contribution in [0.25, 0.3) is 0 Å². The van der Waals surface area contributed by atoms with E-state index in [1.165, 1.54) is 0 Å². The van der Waals surface area contributed by atoms with E-state index in [0.717, 1.165) is 13.0 Å². The molecule has 2 rings (SSSR count). The van der Waals surface area contributed by atoms with Gasteiger partial charge in [-0.3, -0.25) is 9.69 Å². The molecular weight excluding hydrogens is 126 g/mol. The highest BCUT2D eigenvalue weighted by molar-refractivity contribution is 5.71. The molecule has 0 aromatic carbocycles. The normalized spacial score (nSPS) is 58.0. The van der Waals surface area contributed by atoms with Crippen molar-refractivity contribution in [3.63, 3.8) is 0 Å². The fourth-order valence-electron chi connectivity index (χ4n) is 1.80. The Morgan fingerprint density at radius 3 is 2.20 bits per heavy atom. The number of hydrogen-bond donors (Lipinski definition) is 0. The largest absolute Gasteiger partial charge is 0.289 e. The summed E-state index contributed by atoms with van der Waals surface area (Å²) in [6.07, 6.45) is 3.20. The Morgan fingerprint density at radius 1 is 1.60 bits per heavy atom. The summed E-state index contributed by atoms with van der Waals surface area (Å²) < 4.78 is 0. The van der Waals surface area contributed by atoms with Gasteiger partial charge in [0.05, 0.1) is 5.54 Å². The predicted octanol–water partition coefficient (Wildman–Crippen LogP) is 0.579. The van der Waals surface area contributed by atoms with E-state index >= 15 is 0 Å². The molecule has 0 bridgehead atoms. The second kappa shape index (κ2) is 1.62. The van der Waals surface area contributed by atoms with Gasteiger partial charge in [0, 0.05) is 12.6 Å². The van der Waals surface area contributed by atoms with E-state index < -0.39 is 0 Å². The molecule has 0 aromatic heterocycles. The van der Waals surface area contributed by atoms with Crippen molar-refractivity contribution in [2.45, 2.75) is 31.8 Å². The lowest BCUT2D eigenvalue weighted by Crippen LogP contribution is -2.25. The molecule has 1 saturated carbocycles. The fraction of sp³-hybridized carbons (Fsp3) is 0.875. The lowest BCUT2D eigenvalue weighted by atomic mass is 10.2. The second-order valence-electron chi connectivity index (χ2n) is 3.63. The molecular formula is C8H12NO. The van der Waals surface area contributed by atoms with E-state index in [1.54, 1.807) is 0 Å². The van der Waals surface area contributed by atoms with Crippen molar-refractivity contribution < 1.29 is 4.79 Å². The fourth-order valence-corrected chi connectivity index (χ4v) is 1.80. The zero-order chi connectivity index (χ0) is 7.35. The summed E-state index contributed by atoms with van der Waals surface area (Å²) >= 11 is 0. The van der Waals surface area contributed by atoms with E-state index in [0.29, 0.717) is 12.0 Å². The molecule has 0 N–H and O–H groups in total. The van der Waals surface area contributed by atoms with Gasteiger partial charge in [0.15, 0.2) is 0 Å². The van der Waals surface area contributed by atoms with Gasteiger partial charge in [0.1, 0.15) is 0 Å². The maximum absolute atomic E-state index is 10.6. The van der Waals surface area contributed by atoms with Gasteiger partial charge in [-0.25, -0.2) is 0 Å². The third kappa shape index (κ3) is 0.601. The van der Waals surface area contributed by atoms with Crippen LogP contribution in [-0.2, 0) is 4.79 Å². The Bertz CT molecular complexity index is 180. The summed E-state index contributed by atoms with van der Waals surface area (Å²) in [6, 6.07) is 0.631. The summed E-state index contributed by atoms with van der Waals surface area (Å²) in [5, 5.41) is 0. The molecule has 0 amide bonds. The standard InChI is InChI=1S/C8H12NO/c1-6-3-8(6,5-10)9-4-7(9)2/h6-7H,3-4H2,1-2H3/t6?,7?,8-,9?/m0/s1. The van der Waals surface area contributed by atoms with Crippen molar-refractivity contribution in [1.82, 2.24) is 4.90 Å². The Labute approximate surface area is 61.2 Å². The van der Waals surface area contributed by atoms with Gasteiger partial charge in [-0.2, -0.15) is 0 Å². The monoisotopic (exact) mass is 138 g/mol. The molecule has 2 fully saturated rings. The first-order valence-electron chi connectivity index (χ1n) is 3.87. The van der Waals surface area contributed by atoms with Gasteiger partial charge in [-0.15, -0.1) is 0 Å². The minimum Gasteiger partial charge on any atom is -0.289 e. The summed E-state index contributed by atoms with van der Waals surface area (Å²) in [5.74, 6) is 0.551. The Balaban J connectivity index is 2.08. The predicted molar refractivity (Wildman–Crippen MR) is 38.4 cm³/mol. The third-order valence-corrected chi connectivity index (χ3v) is 2.82. The average molecular weight is 138 g/mol. The smallest absolute Gasteiger partial charge is 0.220 e. The molecule has 1 radical (unpaired) electrons. The van der Waals surface area contributed by atoms with Crippen molar-refractivity contribution in [2.75, 3.05) is 6.54 Å². The summed E-state index contributed by atoms with van der Waals surface area (Å²) in [4.78, 5) is 12.8. The van der Waals surface area contributed by atoms with Gasteiger partial charge in [-0.1, -0.05) is 6.92 Å². The molecule has 55 valence electrons. The molecule has 2 nitrogen and oxygen atoms in total. The van der Waals surface area contributed by atoms with Crippen molar-refractivity contribution in [3.8, 4) is 0 Å². The summed E-state index contributed by atoms with van der Waals surface area (Å²) in [6.45, 7) is 5.37. The van der Waals surface area contributed by atoms with E-state index in [-0.39, 0.29) is 5.54 Å². The molecule has 1 aliphatic carbocycles. The minimum absolute atomic E-state index is 0.139. The van der Waals surface area contributed by atoms with Gasteiger partial charge >= 0.3 is 0 Å². The zero-order valence-corrected chi connectivity index (χ0v) is 6.42. The van der Waals surface area contributed by atoms with Crippen LogP contribution in [0.3, 0.4) is 0 Å². The molecule has 1 aliphatic heterocycles. The molecule has 3 unspecified atom stereocenters. The molecule has 2 heteroatoms. The van der Waals surface area contributed by atoms with Crippen molar-refractivity contribution in [3.05, 3.63) is 0 Å². The highest BCUT2D eigenvalue weighted by Crippen LogP contribution is 2.51. The van der Waals surface area contributed by atoms with Crippen LogP contribution in [0.15, 0.2) is 0 Å². The first kappa shape index (κ1) is 6.35. The Hall–Kier alpha value is -0.370. The number of hydrogen-bond acceptors (Lipinski definition) is 2. The van der Waals surface area contributed by atoms with Gasteiger partial charge in [-0.05, 0) is 19.3 Å². The minimum atomic E-state index is -0.139. The molecule has 10 heavy (non-hydrogen) atoms. The van der Waals surface area contributed by atoms with Crippen molar-refractivity contribution in [2.24, 2.45) is 5.92 Å². The zero-order valence-electron chi connectivity index (χ0n) is 6.42. The van der Waals surface area contributed by atoms with Gasteiger partial charge in [0.25, 0.3) is 0 Å². The molecule has 1 heterocycles. The lowest BCUT2D eigenvalue weighted by molar-refractivity contribution is 0.395. The van der Waals surface area contributed by atoms with Crippen LogP contribution in [0.2, 0.25) is 0 Å². The van der Waals surface area contributed by atoms with E-state index in [9.17, 15) is 4.79 Å². The number of carbonyl (C=O) groups excluding carboxylic acids is 1. The van der Waals surface area contributed by atoms with Crippen LogP contribution < -0.4 is 0 Å². The van der Waals surface area contributed by atoms with E-state index in [4.69, 9.17) is 0 Å². The van der Waals surface area contributed by atoms with Crippen LogP contribution in [0, 0.1) is 5.92 Å². The highest BCUT2D eigenvalue weighted by atomic mass is 16.1. The highest BCUT2D eigenvalue weighted by Gasteiger charge is 2.62. The summed E-state index contributed by atoms with van der Waals surface area (Å²) in [7, 11) is 0. The Kier molecular flexibility index (Phi) is 1.03. The molecule has 1 saturated heterocycles. The van der Waals surface area contributed by atoms with Crippen LogP contribution in [0.1, 0.15) is 20.3 Å². The van der Waals surface area contributed by atoms with Gasteiger partial charge in [0.2, 0.25) is 6.29 Å². The van der Waals surface area contributed by atoms with Gasteiger partial charge < -0.3 is 0 Å². The van der Waals surface area contributed by atoms with E-state index in [2.05, 4.69) is 25.0 Å². The number of nitrogens with zero attached hydrogens (tertiary/aromatic N) is 1. The van der Waals surface area contributed by atoms with E-state index in [1.807, 2.05) is 0 Å². The second-order valence-corrected chi connectivity index (χ2v) is 3.63. The maximum Gasteiger partial charge on any atom is 0.220 e. The maximum atomic E-state index is 10.6. The molecule has 0 spiro atoms. The van der Waals surface area contributed by atoms with Crippen LogP contribution in [-0.4, -0.2) is 29.3 Å². The third-order valence-electron chi connectivity index (χ3n) is 2.82. The number of rotatable bonds is 2. The van der Waals surface area contributed by atoms with Crippen molar-refractivity contribution in [1.29, 1.82) is 0 Å². The van der Waals surface area contributed by atoms with Crippen LogP contribution in [0.4, 0.5) is 0 Å². The van der Waals surface area contributed by atoms with Crippen LogP contribution in [0.5, 0.6) is 0 Å². The summed E-state index contributed by atoms with van der Waals surface area (Å²) in [5.41, 5.74) is -0.139. The topological polar surface area (TPSA) is 20.1 Å². The first-order chi connectivity index (χ1) is 4.70. The Morgan fingerprint density at radius 2 is 2.10 bits per heavy atom. The lowest BCUT2D eigenvalue weighted by Gasteiger charge is -2.07. The first-order valence-corrected chi connectivity index (χ1v) is 3.87. The average Bonchev–Trinajstić information content (AvgIpc) is 2.73. The molecule has 2 aliphatic rings.